The molecule has 0 bridgehead atoms. The van der Waals surface area contributed by atoms with E-state index in [1.165, 1.54) is 11.3 Å². The van der Waals surface area contributed by atoms with Gasteiger partial charge in [-0.1, -0.05) is 6.92 Å². The number of nitrogens with zero attached hydrogens (tertiary/aromatic N) is 1. The van der Waals surface area contributed by atoms with Crippen molar-refractivity contribution in [2.75, 3.05) is 26.3 Å². The van der Waals surface area contributed by atoms with Gasteiger partial charge >= 0.3 is 5.97 Å². The lowest BCUT2D eigenvalue weighted by atomic mass is 10.1. The van der Waals surface area contributed by atoms with Gasteiger partial charge in [0.25, 0.3) is 5.91 Å². The second-order valence-corrected chi connectivity index (χ2v) is 6.97. The molecule has 0 radical (unpaired) electrons. The van der Waals surface area contributed by atoms with Gasteiger partial charge in [-0.2, -0.15) is 0 Å². The summed E-state index contributed by atoms with van der Waals surface area (Å²) in [6.45, 7) is 5.41. The second kappa shape index (κ2) is 9.17. The fourth-order valence-corrected chi connectivity index (χ4v) is 2.92. The Morgan fingerprint density at radius 2 is 2.24 bits per heavy atom. The summed E-state index contributed by atoms with van der Waals surface area (Å²) in [6.07, 6.45) is 0.692. The van der Waals surface area contributed by atoms with Crippen LogP contribution in [0.1, 0.15) is 30.6 Å². The van der Waals surface area contributed by atoms with Gasteiger partial charge in [0.1, 0.15) is 0 Å². The first-order valence-electron chi connectivity index (χ1n) is 6.79. The molecule has 1 rings (SSSR count). The summed E-state index contributed by atoms with van der Waals surface area (Å²) in [5, 5.41) is 10.8. The van der Waals surface area contributed by atoms with Crippen LogP contribution in [0.3, 0.4) is 0 Å². The smallest absolute Gasteiger partial charge is 0.308 e. The predicted octanol–water partition coefficient (Wildman–Crippen LogP) is 3.10. The van der Waals surface area contributed by atoms with Gasteiger partial charge in [0, 0.05) is 31.7 Å². The van der Waals surface area contributed by atoms with Crippen molar-refractivity contribution in [1.29, 1.82) is 0 Å². The highest BCUT2D eigenvalue weighted by molar-refractivity contribution is 9.11. The number of carboxylic acids is 1. The monoisotopic (exact) mass is 377 g/mol. The first kappa shape index (κ1) is 18.1. The zero-order valence-corrected chi connectivity index (χ0v) is 14.6. The summed E-state index contributed by atoms with van der Waals surface area (Å²) in [5.74, 6) is -1.63. The van der Waals surface area contributed by atoms with Crippen molar-refractivity contribution in [3.63, 3.8) is 0 Å². The van der Waals surface area contributed by atoms with Crippen LogP contribution < -0.4 is 0 Å². The standard InChI is InChI=1S/C14H20BrNO4S/c1-3-20-6-4-5-16(8-10(2)14(18)19)13(17)11-7-12(15)21-9-11/h7,9-10H,3-6,8H2,1-2H3,(H,18,19). The number of amides is 1. The molecular formula is C14H20BrNO4S. The highest BCUT2D eigenvalue weighted by Gasteiger charge is 2.22. The van der Waals surface area contributed by atoms with Gasteiger partial charge in [0.2, 0.25) is 0 Å². The minimum atomic E-state index is -0.899. The Kier molecular flexibility index (Phi) is 7.92. The van der Waals surface area contributed by atoms with Crippen molar-refractivity contribution < 1.29 is 19.4 Å². The number of aliphatic carboxylic acids is 1. The topological polar surface area (TPSA) is 66.8 Å². The number of hydrogen-bond acceptors (Lipinski definition) is 4. The number of thiophene rings is 1. The van der Waals surface area contributed by atoms with Crippen LogP contribution in [0.15, 0.2) is 15.2 Å². The van der Waals surface area contributed by atoms with Crippen LogP contribution in [0, 0.1) is 5.92 Å². The molecule has 1 aromatic rings. The van der Waals surface area contributed by atoms with Crippen molar-refractivity contribution >= 4 is 39.1 Å². The van der Waals surface area contributed by atoms with E-state index >= 15 is 0 Å². The molecular weight excluding hydrogens is 358 g/mol. The minimum absolute atomic E-state index is 0.137. The maximum absolute atomic E-state index is 12.5. The molecule has 1 unspecified atom stereocenters. The average Bonchev–Trinajstić information content (AvgIpc) is 2.87. The molecule has 1 aromatic heterocycles. The van der Waals surface area contributed by atoms with Gasteiger partial charge < -0.3 is 14.7 Å². The number of hydrogen-bond donors (Lipinski definition) is 1. The molecule has 1 heterocycles. The molecule has 7 heteroatoms. The summed E-state index contributed by atoms with van der Waals surface area (Å²) < 4.78 is 6.15. The normalized spacial score (nSPS) is 12.1. The predicted molar refractivity (Wildman–Crippen MR) is 85.8 cm³/mol. The van der Waals surface area contributed by atoms with E-state index < -0.39 is 11.9 Å². The summed E-state index contributed by atoms with van der Waals surface area (Å²) in [6, 6.07) is 1.76. The van der Waals surface area contributed by atoms with Crippen LogP contribution in [-0.4, -0.2) is 48.2 Å². The summed E-state index contributed by atoms with van der Waals surface area (Å²) >= 11 is 4.77. The number of carbonyl (C=O) groups is 2. The van der Waals surface area contributed by atoms with Crippen LogP contribution in [-0.2, 0) is 9.53 Å². The van der Waals surface area contributed by atoms with Crippen molar-refractivity contribution in [3.05, 3.63) is 20.8 Å². The molecule has 0 spiro atoms. The SMILES string of the molecule is CCOCCCN(CC(C)C(=O)O)C(=O)c1csc(Br)c1. The number of ether oxygens (including phenoxy) is 1. The molecule has 0 saturated heterocycles. The molecule has 0 fully saturated rings. The van der Waals surface area contributed by atoms with E-state index in [1.54, 1.807) is 23.3 Å². The molecule has 1 N–H and O–H groups in total. The van der Waals surface area contributed by atoms with Gasteiger partial charge in [-0.3, -0.25) is 9.59 Å². The van der Waals surface area contributed by atoms with Gasteiger partial charge in [-0.15, -0.1) is 11.3 Å². The highest BCUT2D eigenvalue weighted by atomic mass is 79.9. The van der Waals surface area contributed by atoms with Crippen molar-refractivity contribution in [2.24, 2.45) is 5.92 Å². The van der Waals surface area contributed by atoms with E-state index in [1.807, 2.05) is 6.92 Å². The molecule has 118 valence electrons. The van der Waals surface area contributed by atoms with E-state index in [0.29, 0.717) is 31.7 Å². The maximum Gasteiger partial charge on any atom is 0.308 e. The molecule has 0 aliphatic heterocycles. The third-order valence-corrected chi connectivity index (χ3v) is 4.44. The number of halogens is 1. The Hall–Kier alpha value is -0.920. The Bertz CT molecular complexity index is 477. The van der Waals surface area contributed by atoms with Gasteiger partial charge in [0.05, 0.1) is 15.3 Å². The van der Waals surface area contributed by atoms with Crippen LogP contribution in [0.4, 0.5) is 0 Å². The Morgan fingerprint density at radius 3 is 2.76 bits per heavy atom. The Morgan fingerprint density at radius 1 is 1.52 bits per heavy atom. The van der Waals surface area contributed by atoms with E-state index in [0.717, 1.165) is 3.79 Å². The molecule has 21 heavy (non-hydrogen) atoms. The lowest BCUT2D eigenvalue weighted by Crippen LogP contribution is -2.37. The molecule has 0 saturated carbocycles. The van der Waals surface area contributed by atoms with E-state index in [2.05, 4.69) is 15.9 Å². The summed E-state index contributed by atoms with van der Waals surface area (Å²) in [4.78, 5) is 25.1. The fraction of sp³-hybridized carbons (Fsp3) is 0.571. The van der Waals surface area contributed by atoms with Gasteiger partial charge in [0.15, 0.2) is 0 Å². The van der Waals surface area contributed by atoms with Gasteiger partial charge in [-0.25, -0.2) is 0 Å². The van der Waals surface area contributed by atoms with Crippen LogP contribution in [0.25, 0.3) is 0 Å². The van der Waals surface area contributed by atoms with Crippen molar-refractivity contribution in [1.82, 2.24) is 4.90 Å². The molecule has 0 aliphatic rings. The second-order valence-electron chi connectivity index (χ2n) is 4.68. The summed E-state index contributed by atoms with van der Waals surface area (Å²) in [5.41, 5.74) is 0.584. The van der Waals surface area contributed by atoms with Crippen molar-refractivity contribution in [2.45, 2.75) is 20.3 Å². The quantitative estimate of drug-likeness (QED) is 0.671. The highest BCUT2D eigenvalue weighted by Crippen LogP contribution is 2.22. The average molecular weight is 378 g/mol. The third-order valence-electron chi connectivity index (χ3n) is 2.94. The molecule has 1 amide bonds. The van der Waals surface area contributed by atoms with Crippen LogP contribution in [0.5, 0.6) is 0 Å². The van der Waals surface area contributed by atoms with Crippen LogP contribution in [0.2, 0.25) is 0 Å². The zero-order chi connectivity index (χ0) is 15.8. The number of carbonyl (C=O) groups excluding carboxylic acids is 1. The number of rotatable bonds is 9. The molecule has 5 nitrogen and oxygen atoms in total. The van der Waals surface area contributed by atoms with E-state index in [4.69, 9.17) is 9.84 Å². The summed E-state index contributed by atoms with van der Waals surface area (Å²) in [7, 11) is 0. The first-order valence-corrected chi connectivity index (χ1v) is 8.46. The zero-order valence-electron chi connectivity index (χ0n) is 12.2. The van der Waals surface area contributed by atoms with E-state index in [9.17, 15) is 9.59 Å². The lowest BCUT2D eigenvalue weighted by Gasteiger charge is -2.24. The first-order chi connectivity index (χ1) is 9.95. The number of carboxylic acid groups (broad SMARTS) is 1. The third kappa shape index (κ3) is 6.15. The Balaban J connectivity index is 2.70. The van der Waals surface area contributed by atoms with Gasteiger partial charge in [-0.05, 0) is 35.3 Å². The maximum atomic E-state index is 12.5. The molecule has 0 aliphatic carbocycles. The molecule has 0 aromatic carbocycles. The Labute approximate surface area is 137 Å². The van der Waals surface area contributed by atoms with Crippen molar-refractivity contribution in [3.8, 4) is 0 Å². The molecule has 1 atom stereocenters. The minimum Gasteiger partial charge on any atom is -0.481 e. The largest absolute Gasteiger partial charge is 0.481 e. The fourth-order valence-electron chi connectivity index (χ4n) is 1.79. The van der Waals surface area contributed by atoms with Crippen LogP contribution >= 0.6 is 27.3 Å². The van der Waals surface area contributed by atoms with E-state index in [-0.39, 0.29) is 12.5 Å². The lowest BCUT2D eigenvalue weighted by molar-refractivity contribution is -0.141.